The molecule has 1 aromatic carbocycles. The van der Waals surface area contributed by atoms with Gasteiger partial charge in [0, 0.05) is 4.47 Å². The lowest BCUT2D eigenvalue weighted by atomic mass is 10.1. The SMILES string of the molecule is CC(C)OC(=O)[C@@H](N)Cc1ccccc1Br. The highest BCUT2D eigenvalue weighted by Crippen LogP contribution is 2.17. The second-order valence-electron chi connectivity index (χ2n) is 3.89. The van der Waals surface area contributed by atoms with Crippen LogP contribution in [0.2, 0.25) is 0 Å². The van der Waals surface area contributed by atoms with Crippen molar-refractivity contribution >= 4 is 21.9 Å². The number of esters is 1. The molecule has 0 saturated carbocycles. The quantitative estimate of drug-likeness (QED) is 0.864. The Labute approximate surface area is 104 Å². The van der Waals surface area contributed by atoms with Gasteiger partial charge < -0.3 is 10.5 Å². The van der Waals surface area contributed by atoms with Crippen molar-refractivity contribution in [3.8, 4) is 0 Å². The van der Waals surface area contributed by atoms with E-state index in [1.165, 1.54) is 0 Å². The second-order valence-corrected chi connectivity index (χ2v) is 4.74. The van der Waals surface area contributed by atoms with Crippen LogP contribution in [0.3, 0.4) is 0 Å². The number of hydrogen-bond acceptors (Lipinski definition) is 3. The van der Waals surface area contributed by atoms with Crippen LogP contribution in [0.15, 0.2) is 28.7 Å². The fourth-order valence-corrected chi connectivity index (χ4v) is 1.75. The first-order valence-electron chi connectivity index (χ1n) is 5.20. The first kappa shape index (κ1) is 13.2. The molecule has 1 rings (SSSR count). The summed E-state index contributed by atoms with van der Waals surface area (Å²) in [7, 11) is 0. The van der Waals surface area contributed by atoms with E-state index in [-0.39, 0.29) is 12.1 Å². The zero-order chi connectivity index (χ0) is 12.1. The molecule has 3 nitrogen and oxygen atoms in total. The van der Waals surface area contributed by atoms with Gasteiger partial charge >= 0.3 is 5.97 Å². The summed E-state index contributed by atoms with van der Waals surface area (Å²) in [4.78, 5) is 11.5. The van der Waals surface area contributed by atoms with Gasteiger partial charge in [0.2, 0.25) is 0 Å². The topological polar surface area (TPSA) is 52.3 Å². The zero-order valence-corrected chi connectivity index (χ0v) is 11.0. The molecule has 0 aliphatic rings. The number of nitrogens with two attached hydrogens (primary N) is 1. The number of ether oxygens (including phenoxy) is 1. The third-order valence-electron chi connectivity index (χ3n) is 2.05. The Balaban J connectivity index is 2.61. The molecule has 0 aliphatic heterocycles. The van der Waals surface area contributed by atoms with Crippen LogP contribution in [0.25, 0.3) is 0 Å². The van der Waals surface area contributed by atoms with Gasteiger partial charge in [0.05, 0.1) is 6.10 Å². The van der Waals surface area contributed by atoms with Crippen molar-refractivity contribution < 1.29 is 9.53 Å². The van der Waals surface area contributed by atoms with Crippen LogP contribution in [-0.4, -0.2) is 18.1 Å². The van der Waals surface area contributed by atoms with Crippen molar-refractivity contribution in [2.24, 2.45) is 5.73 Å². The summed E-state index contributed by atoms with van der Waals surface area (Å²) in [6, 6.07) is 7.09. The standard InChI is InChI=1S/C12H16BrNO2/c1-8(2)16-12(15)11(14)7-9-5-3-4-6-10(9)13/h3-6,8,11H,7,14H2,1-2H3/t11-/m0/s1. The molecule has 1 atom stereocenters. The minimum atomic E-state index is -0.610. The summed E-state index contributed by atoms with van der Waals surface area (Å²) in [5.74, 6) is -0.356. The van der Waals surface area contributed by atoms with Crippen LogP contribution in [0.5, 0.6) is 0 Å². The zero-order valence-electron chi connectivity index (χ0n) is 9.44. The molecule has 88 valence electrons. The largest absolute Gasteiger partial charge is 0.462 e. The Kier molecular flexibility index (Phi) is 4.96. The smallest absolute Gasteiger partial charge is 0.323 e. The second kappa shape index (κ2) is 6.01. The number of benzene rings is 1. The van der Waals surface area contributed by atoms with E-state index in [1.54, 1.807) is 0 Å². The van der Waals surface area contributed by atoms with Crippen LogP contribution < -0.4 is 5.73 Å². The molecule has 0 saturated heterocycles. The highest BCUT2D eigenvalue weighted by molar-refractivity contribution is 9.10. The van der Waals surface area contributed by atoms with Crippen molar-refractivity contribution in [3.05, 3.63) is 34.3 Å². The van der Waals surface area contributed by atoms with Gasteiger partial charge in [0.25, 0.3) is 0 Å². The van der Waals surface area contributed by atoms with Gasteiger partial charge in [-0.3, -0.25) is 4.79 Å². The highest BCUT2D eigenvalue weighted by atomic mass is 79.9. The summed E-state index contributed by atoms with van der Waals surface area (Å²) < 4.78 is 6.01. The van der Waals surface area contributed by atoms with Crippen molar-refractivity contribution in [1.82, 2.24) is 0 Å². The third kappa shape index (κ3) is 3.94. The van der Waals surface area contributed by atoms with Crippen LogP contribution in [0.1, 0.15) is 19.4 Å². The van der Waals surface area contributed by atoms with Gasteiger partial charge in [-0.1, -0.05) is 34.1 Å². The molecule has 0 bridgehead atoms. The van der Waals surface area contributed by atoms with Crippen molar-refractivity contribution in [3.63, 3.8) is 0 Å². The molecule has 0 fully saturated rings. The first-order chi connectivity index (χ1) is 7.50. The molecule has 0 heterocycles. The molecular formula is C12H16BrNO2. The Morgan fingerprint density at radius 1 is 1.44 bits per heavy atom. The lowest BCUT2D eigenvalue weighted by molar-refractivity contribution is -0.148. The fourth-order valence-electron chi connectivity index (χ4n) is 1.30. The molecule has 0 amide bonds. The molecule has 0 radical (unpaired) electrons. The van der Waals surface area contributed by atoms with Gasteiger partial charge in [-0.25, -0.2) is 0 Å². The summed E-state index contributed by atoms with van der Waals surface area (Å²) in [5, 5.41) is 0. The average Bonchev–Trinajstić information content (AvgIpc) is 2.20. The Bertz CT molecular complexity index is 366. The van der Waals surface area contributed by atoms with E-state index in [4.69, 9.17) is 10.5 Å². The predicted octanol–water partition coefficient (Wildman–Crippen LogP) is 2.27. The number of hydrogen-bond donors (Lipinski definition) is 1. The highest BCUT2D eigenvalue weighted by Gasteiger charge is 2.17. The molecular weight excluding hydrogens is 270 g/mol. The number of carbonyl (C=O) groups is 1. The van der Waals surface area contributed by atoms with Gasteiger partial charge in [0.1, 0.15) is 6.04 Å². The van der Waals surface area contributed by atoms with E-state index in [9.17, 15) is 4.79 Å². The van der Waals surface area contributed by atoms with E-state index in [0.717, 1.165) is 10.0 Å². The molecule has 0 spiro atoms. The normalized spacial score (nSPS) is 12.6. The maximum Gasteiger partial charge on any atom is 0.323 e. The Morgan fingerprint density at radius 2 is 2.06 bits per heavy atom. The van der Waals surface area contributed by atoms with Crippen LogP contribution >= 0.6 is 15.9 Å². The third-order valence-corrected chi connectivity index (χ3v) is 2.83. The fraction of sp³-hybridized carbons (Fsp3) is 0.417. The maximum atomic E-state index is 11.5. The van der Waals surface area contributed by atoms with Crippen LogP contribution in [0.4, 0.5) is 0 Å². The number of halogens is 1. The van der Waals surface area contributed by atoms with Crippen molar-refractivity contribution in [2.45, 2.75) is 32.4 Å². The summed E-state index contributed by atoms with van der Waals surface area (Å²) in [6.07, 6.45) is 0.352. The van der Waals surface area contributed by atoms with E-state index in [2.05, 4.69) is 15.9 Å². The van der Waals surface area contributed by atoms with Crippen molar-refractivity contribution in [2.75, 3.05) is 0 Å². The molecule has 1 aromatic rings. The van der Waals surface area contributed by atoms with Gasteiger partial charge in [0.15, 0.2) is 0 Å². The van der Waals surface area contributed by atoms with E-state index in [0.29, 0.717) is 6.42 Å². The molecule has 16 heavy (non-hydrogen) atoms. The maximum absolute atomic E-state index is 11.5. The van der Waals surface area contributed by atoms with Gasteiger partial charge in [-0.05, 0) is 31.9 Å². The summed E-state index contributed by atoms with van der Waals surface area (Å²) in [6.45, 7) is 3.62. The molecule has 2 N–H and O–H groups in total. The van der Waals surface area contributed by atoms with E-state index < -0.39 is 6.04 Å². The Morgan fingerprint density at radius 3 is 2.62 bits per heavy atom. The van der Waals surface area contributed by atoms with E-state index in [1.807, 2.05) is 38.1 Å². The molecule has 0 aromatic heterocycles. The number of rotatable bonds is 4. The van der Waals surface area contributed by atoms with Crippen molar-refractivity contribution in [1.29, 1.82) is 0 Å². The predicted molar refractivity (Wildman–Crippen MR) is 67.0 cm³/mol. The van der Waals surface area contributed by atoms with Crippen LogP contribution in [-0.2, 0) is 16.0 Å². The van der Waals surface area contributed by atoms with Gasteiger partial charge in [-0.15, -0.1) is 0 Å². The molecule has 4 heteroatoms. The summed E-state index contributed by atoms with van der Waals surface area (Å²) in [5.41, 5.74) is 6.78. The van der Waals surface area contributed by atoms with E-state index >= 15 is 0 Å². The summed E-state index contributed by atoms with van der Waals surface area (Å²) >= 11 is 3.42. The lowest BCUT2D eigenvalue weighted by Crippen LogP contribution is -2.35. The number of carbonyl (C=O) groups excluding carboxylic acids is 1. The molecule has 0 unspecified atom stereocenters. The lowest BCUT2D eigenvalue weighted by Gasteiger charge is -2.14. The van der Waals surface area contributed by atoms with Gasteiger partial charge in [-0.2, -0.15) is 0 Å². The first-order valence-corrected chi connectivity index (χ1v) is 5.99. The minimum Gasteiger partial charge on any atom is -0.462 e. The van der Waals surface area contributed by atoms with Crippen LogP contribution in [0, 0.1) is 0 Å². The average molecular weight is 286 g/mol. The molecule has 0 aliphatic carbocycles. The monoisotopic (exact) mass is 285 g/mol. The minimum absolute atomic E-state index is 0.127. The Hall–Kier alpha value is -0.870.